The van der Waals surface area contributed by atoms with E-state index in [0.29, 0.717) is 43.6 Å². The molecule has 1 saturated heterocycles. The molecule has 3 aliphatic carbocycles. The van der Waals surface area contributed by atoms with E-state index in [-0.39, 0.29) is 17.4 Å². The fourth-order valence-electron chi connectivity index (χ4n) is 8.60. The van der Waals surface area contributed by atoms with E-state index in [1.165, 1.54) is 31.3 Å². The molecule has 4 fully saturated rings. The summed E-state index contributed by atoms with van der Waals surface area (Å²) >= 11 is 0. The van der Waals surface area contributed by atoms with Crippen LogP contribution in [-0.2, 0) is 11.3 Å². The first-order chi connectivity index (χ1) is 18.5. The molecule has 5 heteroatoms. The van der Waals surface area contributed by atoms with E-state index in [0.717, 1.165) is 29.6 Å². The molecule has 5 nitrogen and oxygen atoms in total. The van der Waals surface area contributed by atoms with Crippen molar-refractivity contribution in [2.24, 2.45) is 23.2 Å². The second-order valence-electron chi connectivity index (χ2n) is 13.4. The molecule has 5 rings (SSSR count). The summed E-state index contributed by atoms with van der Waals surface area (Å²) in [5, 5.41) is 31.3. The number of likely N-dealkylation sites (tertiary alicyclic amines) is 1. The van der Waals surface area contributed by atoms with Crippen LogP contribution in [0.5, 0.6) is 0 Å². The average Bonchev–Trinajstić information content (AvgIpc) is 3.35. The maximum Gasteiger partial charge on any atom is 0.254 e. The van der Waals surface area contributed by atoms with Crippen LogP contribution in [0.2, 0.25) is 0 Å². The molecule has 4 aliphatic rings. The number of allylic oxidation sites excluding steroid dienone is 3. The molecule has 0 bridgehead atoms. The van der Waals surface area contributed by atoms with Gasteiger partial charge in [0, 0.05) is 25.4 Å². The van der Waals surface area contributed by atoms with Crippen LogP contribution in [0.15, 0.2) is 65.8 Å². The standard InChI is InChI=1S/C34H47NO4/c1-22(17-27-20-34(4,39)32(38)35(27)21-24-9-6-5-7-10-24)29-14-15-30-25(11-8-16-33(29,30)3)12-13-26-18-28(36)19-31(37)23(26)2/h5-7,9-10,12-13,22,27-31,36-37,39H,2,8,11,14-21H2,1,3-4H3/b25-12+,26-13-/t22-,27+,28-,29-,30+,31+,33-,34-/m1/s1. The van der Waals surface area contributed by atoms with Crippen LogP contribution < -0.4 is 0 Å². The lowest BCUT2D eigenvalue weighted by molar-refractivity contribution is -0.142. The van der Waals surface area contributed by atoms with Crippen molar-refractivity contribution < 1.29 is 20.1 Å². The van der Waals surface area contributed by atoms with Gasteiger partial charge in [-0.05, 0) is 91.7 Å². The second kappa shape index (κ2) is 11.0. The van der Waals surface area contributed by atoms with Crippen LogP contribution in [0, 0.1) is 23.2 Å². The van der Waals surface area contributed by atoms with Crippen molar-refractivity contribution in [2.45, 2.75) is 109 Å². The number of carbonyl (C=O) groups is 1. The van der Waals surface area contributed by atoms with E-state index in [4.69, 9.17) is 0 Å². The maximum absolute atomic E-state index is 13.2. The van der Waals surface area contributed by atoms with Gasteiger partial charge in [0.1, 0.15) is 5.60 Å². The van der Waals surface area contributed by atoms with Gasteiger partial charge in [-0.3, -0.25) is 4.79 Å². The van der Waals surface area contributed by atoms with Crippen molar-refractivity contribution in [3.05, 3.63) is 71.3 Å². The van der Waals surface area contributed by atoms with Crippen LogP contribution in [0.1, 0.15) is 84.1 Å². The minimum atomic E-state index is -1.29. The van der Waals surface area contributed by atoms with Crippen molar-refractivity contribution >= 4 is 5.91 Å². The van der Waals surface area contributed by atoms with Gasteiger partial charge in [0.05, 0.1) is 12.2 Å². The quantitative estimate of drug-likeness (QED) is 0.438. The van der Waals surface area contributed by atoms with Crippen molar-refractivity contribution in [1.82, 2.24) is 4.90 Å². The largest absolute Gasteiger partial charge is 0.393 e. The van der Waals surface area contributed by atoms with Crippen LogP contribution in [0.4, 0.5) is 0 Å². The number of hydrogen-bond donors (Lipinski definition) is 3. The van der Waals surface area contributed by atoms with E-state index < -0.39 is 17.8 Å². The maximum atomic E-state index is 13.2. The van der Waals surface area contributed by atoms with Gasteiger partial charge in [-0.2, -0.15) is 0 Å². The minimum absolute atomic E-state index is 0.0452. The second-order valence-corrected chi connectivity index (χ2v) is 13.4. The molecule has 8 atom stereocenters. The van der Waals surface area contributed by atoms with Crippen molar-refractivity contribution in [3.8, 4) is 0 Å². The van der Waals surface area contributed by atoms with E-state index in [1.54, 1.807) is 6.92 Å². The van der Waals surface area contributed by atoms with Gasteiger partial charge >= 0.3 is 0 Å². The lowest BCUT2D eigenvalue weighted by atomic mass is 9.60. The molecule has 1 aliphatic heterocycles. The smallest absolute Gasteiger partial charge is 0.254 e. The molecule has 1 amide bonds. The fourth-order valence-corrected chi connectivity index (χ4v) is 8.60. The van der Waals surface area contributed by atoms with Crippen molar-refractivity contribution in [3.63, 3.8) is 0 Å². The Morgan fingerprint density at radius 2 is 1.90 bits per heavy atom. The monoisotopic (exact) mass is 533 g/mol. The molecule has 1 heterocycles. The van der Waals surface area contributed by atoms with E-state index in [9.17, 15) is 20.1 Å². The number of aliphatic hydroxyl groups is 3. The predicted molar refractivity (Wildman–Crippen MR) is 155 cm³/mol. The highest BCUT2D eigenvalue weighted by molar-refractivity contribution is 5.87. The number of rotatable bonds is 6. The van der Waals surface area contributed by atoms with Crippen LogP contribution >= 0.6 is 0 Å². The van der Waals surface area contributed by atoms with Crippen LogP contribution in [-0.4, -0.2) is 50.0 Å². The van der Waals surface area contributed by atoms with Gasteiger partial charge in [-0.25, -0.2) is 0 Å². The molecule has 39 heavy (non-hydrogen) atoms. The Hall–Kier alpha value is -2.21. The Bertz CT molecular complexity index is 1140. The summed E-state index contributed by atoms with van der Waals surface area (Å²) in [6, 6.07) is 10.2. The Labute approximate surface area is 234 Å². The summed E-state index contributed by atoms with van der Waals surface area (Å²) < 4.78 is 0. The zero-order chi connectivity index (χ0) is 27.9. The number of carbonyl (C=O) groups excluding carboxylic acids is 1. The lowest BCUT2D eigenvalue weighted by Gasteiger charge is -2.45. The highest BCUT2D eigenvalue weighted by Crippen LogP contribution is 2.60. The van der Waals surface area contributed by atoms with E-state index in [1.807, 2.05) is 23.1 Å². The zero-order valence-corrected chi connectivity index (χ0v) is 24.0. The fraction of sp³-hybridized carbons (Fsp3) is 0.618. The third kappa shape index (κ3) is 5.55. The number of aliphatic hydroxyl groups excluding tert-OH is 2. The van der Waals surface area contributed by atoms with Crippen LogP contribution in [0.3, 0.4) is 0 Å². The van der Waals surface area contributed by atoms with Crippen molar-refractivity contribution in [1.29, 1.82) is 0 Å². The first-order valence-electron chi connectivity index (χ1n) is 15.0. The van der Waals surface area contributed by atoms with Gasteiger partial charge < -0.3 is 20.2 Å². The molecular weight excluding hydrogens is 486 g/mol. The highest BCUT2D eigenvalue weighted by Gasteiger charge is 2.53. The third-order valence-electron chi connectivity index (χ3n) is 10.6. The number of nitrogens with zero attached hydrogens (tertiary/aromatic N) is 1. The Kier molecular flexibility index (Phi) is 7.98. The molecule has 3 saturated carbocycles. The molecule has 0 unspecified atom stereocenters. The SMILES string of the molecule is C=C1/C(=C\C=C2/CCC[C@]3(C)[C@@H]([C@H](C)C[C@H]4C[C@@](C)(O)C(=O)N4Cc4ccccc4)CC[C@@H]23)C[C@@H](O)C[C@@H]1O. The summed E-state index contributed by atoms with van der Waals surface area (Å²) in [4.78, 5) is 15.1. The summed E-state index contributed by atoms with van der Waals surface area (Å²) in [6.45, 7) is 11.2. The molecule has 1 aromatic rings. The average molecular weight is 534 g/mol. The third-order valence-corrected chi connectivity index (χ3v) is 10.6. The summed E-state index contributed by atoms with van der Waals surface area (Å²) in [7, 11) is 0. The van der Waals surface area contributed by atoms with E-state index in [2.05, 4.69) is 44.7 Å². The summed E-state index contributed by atoms with van der Waals surface area (Å²) in [6.07, 6.45) is 11.4. The van der Waals surface area contributed by atoms with E-state index >= 15 is 0 Å². The molecule has 0 spiro atoms. The van der Waals surface area contributed by atoms with Gasteiger partial charge in [0.2, 0.25) is 0 Å². The molecule has 0 radical (unpaired) electrons. The Balaban J connectivity index is 1.31. The topological polar surface area (TPSA) is 81.0 Å². The number of benzene rings is 1. The molecule has 3 N–H and O–H groups in total. The highest BCUT2D eigenvalue weighted by atomic mass is 16.3. The first-order valence-corrected chi connectivity index (χ1v) is 15.0. The zero-order valence-electron chi connectivity index (χ0n) is 24.0. The lowest BCUT2D eigenvalue weighted by Crippen LogP contribution is -2.40. The Morgan fingerprint density at radius 3 is 2.64 bits per heavy atom. The first kappa shape index (κ1) is 28.3. The van der Waals surface area contributed by atoms with Gasteiger partial charge in [0.25, 0.3) is 5.91 Å². The minimum Gasteiger partial charge on any atom is -0.393 e. The number of amides is 1. The van der Waals surface area contributed by atoms with Gasteiger partial charge in [-0.15, -0.1) is 0 Å². The summed E-state index contributed by atoms with van der Waals surface area (Å²) in [5.41, 5.74) is 3.25. The van der Waals surface area contributed by atoms with Crippen LogP contribution in [0.25, 0.3) is 0 Å². The number of fused-ring (bicyclic) bond motifs is 1. The van der Waals surface area contributed by atoms with Gasteiger partial charge in [-0.1, -0.05) is 68.5 Å². The predicted octanol–water partition coefficient (Wildman–Crippen LogP) is 5.71. The Morgan fingerprint density at radius 1 is 1.15 bits per heavy atom. The molecular formula is C34H47NO4. The van der Waals surface area contributed by atoms with Crippen molar-refractivity contribution in [2.75, 3.05) is 0 Å². The molecule has 212 valence electrons. The van der Waals surface area contributed by atoms with Gasteiger partial charge in [0.15, 0.2) is 0 Å². The normalized spacial score (nSPS) is 39.9. The number of hydrogen-bond acceptors (Lipinski definition) is 4. The molecule has 0 aromatic heterocycles. The molecule has 1 aromatic carbocycles. The summed E-state index contributed by atoms with van der Waals surface area (Å²) in [5.74, 6) is 1.42.